The maximum Gasteiger partial charge on any atom is 0.227 e. The van der Waals surface area contributed by atoms with Gasteiger partial charge in [-0.1, -0.05) is 25.9 Å². The Hall–Kier alpha value is -2.41. The second-order valence-corrected chi connectivity index (χ2v) is 8.77. The molecule has 0 radical (unpaired) electrons. The van der Waals surface area contributed by atoms with E-state index in [9.17, 15) is 4.79 Å². The predicted molar refractivity (Wildman–Crippen MR) is 112 cm³/mol. The molecule has 7 heteroatoms. The van der Waals surface area contributed by atoms with Crippen LogP contribution in [0.3, 0.4) is 0 Å². The number of carbonyl (C=O) groups excluding carboxylic acids is 1. The van der Waals surface area contributed by atoms with E-state index in [1.54, 1.807) is 7.11 Å². The molecule has 0 bridgehead atoms. The second kappa shape index (κ2) is 9.39. The summed E-state index contributed by atoms with van der Waals surface area (Å²) in [5.41, 5.74) is 1.21. The van der Waals surface area contributed by atoms with E-state index in [0.29, 0.717) is 30.0 Å². The zero-order valence-corrected chi connectivity index (χ0v) is 18.0. The molecule has 1 amide bonds. The van der Waals surface area contributed by atoms with Crippen LogP contribution in [0.5, 0.6) is 5.75 Å². The molecule has 1 aromatic heterocycles. The molecule has 158 valence electrons. The van der Waals surface area contributed by atoms with Gasteiger partial charge in [0, 0.05) is 44.6 Å². The van der Waals surface area contributed by atoms with Crippen LogP contribution >= 0.6 is 0 Å². The molecular formula is C22H32N4O3. The topological polar surface area (TPSA) is 71.7 Å². The van der Waals surface area contributed by atoms with Crippen molar-refractivity contribution >= 4 is 5.91 Å². The molecular weight excluding hydrogens is 368 g/mol. The van der Waals surface area contributed by atoms with Crippen LogP contribution in [-0.4, -0.2) is 65.7 Å². The van der Waals surface area contributed by atoms with Gasteiger partial charge in [0.05, 0.1) is 7.11 Å². The zero-order chi connectivity index (χ0) is 20.9. The van der Waals surface area contributed by atoms with E-state index in [1.807, 2.05) is 29.2 Å². The van der Waals surface area contributed by atoms with Crippen LogP contribution in [0.1, 0.15) is 39.5 Å². The Balaban J connectivity index is 1.43. The van der Waals surface area contributed by atoms with Crippen molar-refractivity contribution in [2.75, 3.05) is 39.8 Å². The number of aryl methyl sites for hydroxylation is 1. The number of ether oxygens (including phenoxy) is 1. The smallest absolute Gasteiger partial charge is 0.227 e. The van der Waals surface area contributed by atoms with Crippen molar-refractivity contribution in [2.45, 2.75) is 40.0 Å². The summed E-state index contributed by atoms with van der Waals surface area (Å²) in [5, 5.41) is 4.02. The molecule has 2 heterocycles. The van der Waals surface area contributed by atoms with Crippen LogP contribution in [0, 0.1) is 5.41 Å². The highest BCUT2D eigenvalue weighted by atomic mass is 16.5. The SMILES string of the molecule is COc1ccc(-c2noc(CCC(=O)N3CCN(CCC(C)(C)C)CC3)n2)cc1. The molecule has 1 fully saturated rings. The van der Waals surface area contributed by atoms with Gasteiger partial charge in [-0.25, -0.2) is 0 Å². The number of hydrogen-bond donors (Lipinski definition) is 0. The highest BCUT2D eigenvalue weighted by molar-refractivity contribution is 5.76. The van der Waals surface area contributed by atoms with Gasteiger partial charge in [-0.15, -0.1) is 0 Å². The Labute approximate surface area is 173 Å². The van der Waals surface area contributed by atoms with Crippen LogP contribution in [0.15, 0.2) is 28.8 Å². The fraction of sp³-hybridized carbons (Fsp3) is 0.591. The lowest BCUT2D eigenvalue weighted by molar-refractivity contribution is -0.133. The molecule has 0 unspecified atom stereocenters. The minimum absolute atomic E-state index is 0.157. The average Bonchev–Trinajstić information content (AvgIpc) is 3.19. The van der Waals surface area contributed by atoms with Gasteiger partial charge < -0.3 is 14.2 Å². The number of methoxy groups -OCH3 is 1. The molecule has 1 aliphatic rings. The van der Waals surface area contributed by atoms with E-state index in [-0.39, 0.29) is 5.91 Å². The van der Waals surface area contributed by atoms with E-state index in [4.69, 9.17) is 9.26 Å². The van der Waals surface area contributed by atoms with Crippen LogP contribution < -0.4 is 4.74 Å². The first-order valence-corrected chi connectivity index (χ1v) is 10.3. The van der Waals surface area contributed by atoms with E-state index < -0.39 is 0 Å². The molecule has 1 aliphatic heterocycles. The van der Waals surface area contributed by atoms with E-state index in [2.05, 4.69) is 35.8 Å². The molecule has 0 atom stereocenters. The Morgan fingerprint density at radius 1 is 1.14 bits per heavy atom. The summed E-state index contributed by atoms with van der Waals surface area (Å²) in [5.74, 6) is 1.96. The highest BCUT2D eigenvalue weighted by Crippen LogP contribution is 2.21. The number of benzene rings is 1. The second-order valence-electron chi connectivity index (χ2n) is 8.77. The summed E-state index contributed by atoms with van der Waals surface area (Å²) in [7, 11) is 1.63. The van der Waals surface area contributed by atoms with Crippen molar-refractivity contribution in [1.82, 2.24) is 19.9 Å². The van der Waals surface area contributed by atoms with Gasteiger partial charge in [-0.3, -0.25) is 9.69 Å². The van der Waals surface area contributed by atoms with Crippen molar-refractivity contribution < 1.29 is 14.1 Å². The third-order valence-electron chi connectivity index (χ3n) is 5.27. The number of piperazine rings is 1. The summed E-state index contributed by atoms with van der Waals surface area (Å²) >= 11 is 0. The summed E-state index contributed by atoms with van der Waals surface area (Å²) in [4.78, 5) is 21.4. The lowest BCUT2D eigenvalue weighted by atomic mass is 9.92. The van der Waals surface area contributed by atoms with Crippen LogP contribution in [0.2, 0.25) is 0 Å². The van der Waals surface area contributed by atoms with Crippen LogP contribution in [0.25, 0.3) is 11.4 Å². The van der Waals surface area contributed by atoms with Gasteiger partial charge in [0.2, 0.25) is 17.6 Å². The standard InChI is InChI=1S/C22H32N4O3/c1-22(2,3)11-12-25-13-15-26(16-14-25)20(27)10-9-19-23-21(24-29-19)17-5-7-18(28-4)8-6-17/h5-8H,9-16H2,1-4H3. The Morgan fingerprint density at radius 3 is 2.45 bits per heavy atom. The molecule has 0 aliphatic carbocycles. The van der Waals surface area contributed by atoms with Crippen molar-refractivity contribution in [2.24, 2.45) is 5.41 Å². The third-order valence-corrected chi connectivity index (χ3v) is 5.27. The lowest BCUT2D eigenvalue weighted by Gasteiger charge is -2.36. The quantitative estimate of drug-likeness (QED) is 0.710. The fourth-order valence-electron chi connectivity index (χ4n) is 3.30. The molecule has 0 saturated carbocycles. The molecule has 2 aromatic rings. The van der Waals surface area contributed by atoms with Crippen molar-refractivity contribution in [3.63, 3.8) is 0 Å². The van der Waals surface area contributed by atoms with E-state index >= 15 is 0 Å². The summed E-state index contributed by atoms with van der Waals surface area (Å²) < 4.78 is 10.5. The van der Waals surface area contributed by atoms with Gasteiger partial charge in [0.15, 0.2) is 0 Å². The van der Waals surface area contributed by atoms with Gasteiger partial charge in [-0.05, 0) is 42.6 Å². The zero-order valence-electron chi connectivity index (χ0n) is 18.0. The normalized spacial score (nSPS) is 15.5. The molecule has 1 saturated heterocycles. The van der Waals surface area contributed by atoms with E-state index in [1.165, 1.54) is 6.42 Å². The highest BCUT2D eigenvalue weighted by Gasteiger charge is 2.22. The van der Waals surface area contributed by atoms with Crippen LogP contribution in [0.4, 0.5) is 0 Å². The predicted octanol–water partition coefficient (Wildman–Crippen LogP) is 3.26. The van der Waals surface area contributed by atoms with Crippen molar-refractivity contribution in [1.29, 1.82) is 0 Å². The van der Waals surface area contributed by atoms with Crippen molar-refractivity contribution in [3.05, 3.63) is 30.2 Å². The number of nitrogens with zero attached hydrogens (tertiary/aromatic N) is 4. The largest absolute Gasteiger partial charge is 0.497 e. The van der Waals surface area contributed by atoms with Gasteiger partial charge in [0.1, 0.15) is 5.75 Å². The van der Waals surface area contributed by atoms with Gasteiger partial charge >= 0.3 is 0 Å². The Bertz CT molecular complexity index is 787. The number of aromatic nitrogens is 2. The number of amides is 1. The van der Waals surface area contributed by atoms with Gasteiger partial charge in [-0.2, -0.15) is 4.98 Å². The first-order valence-electron chi connectivity index (χ1n) is 10.3. The molecule has 3 rings (SSSR count). The minimum Gasteiger partial charge on any atom is -0.497 e. The molecule has 7 nitrogen and oxygen atoms in total. The molecule has 0 spiro atoms. The molecule has 1 aromatic carbocycles. The Kier molecular flexibility index (Phi) is 6.90. The maximum absolute atomic E-state index is 12.5. The fourth-order valence-corrected chi connectivity index (χ4v) is 3.30. The summed E-state index contributed by atoms with van der Waals surface area (Å²) in [6.45, 7) is 11.4. The van der Waals surface area contributed by atoms with Crippen molar-refractivity contribution in [3.8, 4) is 17.1 Å². The number of rotatable bonds is 7. The average molecular weight is 401 g/mol. The van der Waals surface area contributed by atoms with E-state index in [0.717, 1.165) is 44.0 Å². The lowest BCUT2D eigenvalue weighted by Crippen LogP contribution is -2.49. The molecule has 29 heavy (non-hydrogen) atoms. The number of carbonyl (C=O) groups is 1. The summed E-state index contributed by atoms with van der Waals surface area (Å²) in [6.07, 6.45) is 2.03. The first kappa shape index (κ1) is 21.3. The monoisotopic (exact) mass is 400 g/mol. The minimum atomic E-state index is 0.157. The summed E-state index contributed by atoms with van der Waals surface area (Å²) in [6, 6.07) is 7.49. The number of hydrogen-bond acceptors (Lipinski definition) is 6. The van der Waals surface area contributed by atoms with Gasteiger partial charge in [0.25, 0.3) is 0 Å². The van der Waals surface area contributed by atoms with Crippen LogP contribution in [-0.2, 0) is 11.2 Å². The Morgan fingerprint density at radius 2 is 1.83 bits per heavy atom. The first-order chi connectivity index (χ1) is 13.8. The molecule has 0 N–H and O–H groups in total. The maximum atomic E-state index is 12.5. The third kappa shape index (κ3) is 6.29.